The van der Waals surface area contributed by atoms with Crippen molar-refractivity contribution < 1.29 is 19.2 Å². The van der Waals surface area contributed by atoms with E-state index in [9.17, 15) is 19.2 Å². The number of unbranched alkanes of at least 4 members (excludes halogenated alkanes) is 2. The van der Waals surface area contributed by atoms with Gasteiger partial charge in [-0.05, 0) is 37.1 Å². The number of hydrogen-bond donors (Lipinski definition) is 2. The fraction of sp³-hybridized carbons (Fsp3) is 0.280. The summed E-state index contributed by atoms with van der Waals surface area (Å²) in [6, 6.07) is 15.8. The lowest BCUT2D eigenvalue weighted by Crippen LogP contribution is -2.31. The summed E-state index contributed by atoms with van der Waals surface area (Å²) in [5, 5.41) is 14.7. The van der Waals surface area contributed by atoms with Crippen LogP contribution in [-0.4, -0.2) is 51.8 Å². The Morgan fingerprint density at radius 1 is 0.857 bits per heavy atom. The molecule has 1 aliphatic rings. The van der Waals surface area contributed by atoms with Crippen molar-refractivity contribution in [2.75, 3.05) is 18.4 Å². The van der Waals surface area contributed by atoms with E-state index < -0.39 is 0 Å². The number of imide groups is 1. The first kappa shape index (κ1) is 24.2. The second-order valence-corrected chi connectivity index (χ2v) is 9.10. The maximum atomic E-state index is 12.4. The first-order valence-corrected chi connectivity index (χ1v) is 12.3. The third-order valence-corrected chi connectivity index (χ3v) is 6.44. The van der Waals surface area contributed by atoms with Gasteiger partial charge in [-0.25, -0.2) is 0 Å². The third-order valence-electron chi connectivity index (χ3n) is 5.54. The monoisotopic (exact) mass is 491 g/mol. The summed E-state index contributed by atoms with van der Waals surface area (Å²) in [5.41, 5.74) is 1.47. The van der Waals surface area contributed by atoms with Crippen LogP contribution in [0.4, 0.5) is 5.13 Å². The Kier molecular flexibility index (Phi) is 7.94. The van der Waals surface area contributed by atoms with E-state index in [0.717, 1.165) is 12.8 Å². The van der Waals surface area contributed by atoms with Crippen molar-refractivity contribution in [2.45, 2.75) is 32.1 Å². The minimum atomic E-state index is -0.303. The van der Waals surface area contributed by atoms with Gasteiger partial charge in [-0.1, -0.05) is 48.1 Å². The average Bonchev–Trinajstić information content (AvgIpc) is 3.42. The third kappa shape index (κ3) is 6.15. The van der Waals surface area contributed by atoms with Gasteiger partial charge in [-0.2, -0.15) is 0 Å². The van der Waals surface area contributed by atoms with Crippen molar-refractivity contribution >= 4 is 40.1 Å². The standard InChI is InChI=1S/C25H25N5O4S/c31-20(13-5-2-8-15-26-22(32)17-9-3-1-4-10-17)27-25-29-28-21(35-25)14-16-30-23(33)18-11-6-7-12-19(18)24(30)34/h1,3-4,6-7,9-12H,2,5,8,13-16H2,(H,26,32)(H,27,29,31). The van der Waals surface area contributed by atoms with E-state index in [1.165, 1.54) is 16.2 Å². The van der Waals surface area contributed by atoms with Crippen LogP contribution in [0.5, 0.6) is 0 Å². The van der Waals surface area contributed by atoms with Crippen LogP contribution in [0.15, 0.2) is 54.6 Å². The van der Waals surface area contributed by atoms with Crippen LogP contribution in [0.1, 0.15) is 61.8 Å². The molecule has 35 heavy (non-hydrogen) atoms. The molecule has 0 bridgehead atoms. The smallest absolute Gasteiger partial charge is 0.261 e. The van der Waals surface area contributed by atoms with Crippen LogP contribution in [0.3, 0.4) is 0 Å². The molecule has 0 saturated carbocycles. The molecule has 180 valence electrons. The lowest BCUT2D eigenvalue weighted by atomic mass is 10.1. The zero-order valence-electron chi connectivity index (χ0n) is 19.0. The molecule has 0 fully saturated rings. The lowest BCUT2D eigenvalue weighted by molar-refractivity contribution is -0.116. The summed E-state index contributed by atoms with van der Waals surface area (Å²) in [4.78, 5) is 50.3. The van der Waals surface area contributed by atoms with Gasteiger partial charge in [0.15, 0.2) is 0 Å². The van der Waals surface area contributed by atoms with Gasteiger partial charge in [0.1, 0.15) is 5.01 Å². The Labute approximate surface area is 206 Å². The van der Waals surface area contributed by atoms with Gasteiger partial charge < -0.3 is 10.6 Å². The van der Waals surface area contributed by atoms with Crippen molar-refractivity contribution in [1.29, 1.82) is 0 Å². The molecule has 0 saturated heterocycles. The summed E-state index contributed by atoms with van der Waals surface area (Å²) in [6.07, 6.45) is 3.00. The van der Waals surface area contributed by atoms with Gasteiger partial charge in [-0.15, -0.1) is 10.2 Å². The summed E-state index contributed by atoms with van der Waals surface area (Å²) in [6.45, 7) is 0.762. The molecule has 4 amide bonds. The van der Waals surface area contributed by atoms with Crippen molar-refractivity contribution in [3.05, 3.63) is 76.3 Å². The highest BCUT2D eigenvalue weighted by Crippen LogP contribution is 2.23. The second-order valence-electron chi connectivity index (χ2n) is 8.04. The van der Waals surface area contributed by atoms with E-state index in [4.69, 9.17) is 0 Å². The molecule has 0 atom stereocenters. The maximum Gasteiger partial charge on any atom is 0.261 e. The Bertz CT molecular complexity index is 1190. The zero-order chi connectivity index (χ0) is 24.6. The first-order valence-electron chi connectivity index (χ1n) is 11.4. The van der Waals surface area contributed by atoms with E-state index >= 15 is 0 Å². The Balaban J connectivity index is 1.12. The number of aromatic nitrogens is 2. The number of hydrogen-bond acceptors (Lipinski definition) is 7. The number of benzene rings is 2. The fourth-order valence-electron chi connectivity index (χ4n) is 3.72. The van der Waals surface area contributed by atoms with E-state index in [0.29, 0.717) is 52.6 Å². The molecule has 1 aliphatic heterocycles. The second kappa shape index (κ2) is 11.5. The highest BCUT2D eigenvalue weighted by atomic mass is 32.1. The van der Waals surface area contributed by atoms with Crippen LogP contribution in [0.2, 0.25) is 0 Å². The molecule has 4 rings (SSSR count). The molecule has 2 N–H and O–H groups in total. The molecule has 9 nitrogen and oxygen atoms in total. The van der Waals surface area contributed by atoms with Crippen LogP contribution in [-0.2, 0) is 11.2 Å². The van der Waals surface area contributed by atoms with Gasteiger partial charge >= 0.3 is 0 Å². The molecule has 10 heteroatoms. The average molecular weight is 492 g/mol. The highest BCUT2D eigenvalue weighted by molar-refractivity contribution is 7.15. The normalized spacial score (nSPS) is 12.5. The number of fused-ring (bicyclic) bond motifs is 1. The summed E-state index contributed by atoms with van der Waals surface area (Å²) in [7, 11) is 0. The van der Waals surface area contributed by atoms with E-state index in [-0.39, 0.29) is 30.2 Å². The van der Waals surface area contributed by atoms with Crippen molar-refractivity contribution in [2.24, 2.45) is 0 Å². The maximum absolute atomic E-state index is 12.4. The largest absolute Gasteiger partial charge is 0.352 e. The molecular weight excluding hydrogens is 466 g/mol. The van der Waals surface area contributed by atoms with Crippen molar-refractivity contribution in [3.8, 4) is 0 Å². The number of amides is 4. The summed E-state index contributed by atoms with van der Waals surface area (Å²) >= 11 is 1.23. The van der Waals surface area contributed by atoms with E-state index in [2.05, 4.69) is 20.8 Å². The Morgan fingerprint density at radius 2 is 1.54 bits per heavy atom. The molecule has 1 aromatic heterocycles. The Hall–Kier alpha value is -3.92. The quantitative estimate of drug-likeness (QED) is 0.314. The topological polar surface area (TPSA) is 121 Å². The van der Waals surface area contributed by atoms with Gasteiger partial charge in [-0.3, -0.25) is 24.1 Å². The first-order chi connectivity index (χ1) is 17.0. The van der Waals surface area contributed by atoms with Crippen LogP contribution >= 0.6 is 11.3 Å². The number of nitrogens with one attached hydrogen (secondary N) is 2. The number of anilines is 1. The van der Waals surface area contributed by atoms with Crippen LogP contribution in [0.25, 0.3) is 0 Å². The number of rotatable bonds is 11. The van der Waals surface area contributed by atoms with Gasteiger partial charge in [0.05, 0.1) is 11.1 Å². The molecule has 0 unspecified atom stereocenters. The van der Waals surface area contributed by atoms with Gasteiger partial charge in [0, 0.05) is 31.5 Å². The van der Waals surface area contributed by atoms with Crippen molar-refractivity contribution in [3.63, 3.8) is 0 Å². The minimum Gasteiger partial charge on any atom is -0.352 e. The summed E-state index contributed by atoms with van der Waals surface area (Å²) < 4.78 is 0. The van der Waals surface area contributed by atoms with E-state index in [1.807, 2.05) is 18.2 Å². The minimum absolute atomic E-state index is 0.0987. The number of nitrogens with zero attached hydrogens (tertiary/aromatic N) is 3. The predicted octanol–water partition coefficient (Wildman–Crippen LogP) is 3.31. The molecule has 3 aromatic rings. The zero-order valence-corrected chi connectivity index (χ0v) is 19.8. The summed E-state index contributed by atoms with van der Waals surface area (Å²) in [5.74, 6) is -0.855. The molecule has 0 aliphatic carbocycles. The molecule has 2 heterocycles. The number of carbonyl (C=O) groups excluding carboxylic acids is 4. The fourth-order valence-corrected chi connectivity index (χ4v) is 4.46. The van der Waals surface area contributed by atoms with Gasteiger partial charge in [0.2, 0.25) is 11.0 Å². The lowest BCUT2D eigenvalue weighted by Gasteiger charge is -2.12. The van der Waals surface area contributed by atoms with Crippen LogP contribution in [0, 0.1) is 0 Å². The molecule has 2 aromatic carbocycles. The molecule has 0 spiro atoms. The number of carbonyl (C=O) groups is 4. The van der Waals surface area contributed by atoms with Gasteiger partial charge in [0.25, 0.3) is 17.7 Å². The van der Waals surface area contributed by atoms with Crippen molar-refractivity contribution in [1.82, 2.24) is 20.4 Å². The predicted molar refractivity (Wildman–Crippen MR) is 131 cm³/mol. The van der Waals surface area contributed by atoms with E-state index in [1.54, 1.807) is 36.4 Å². The molecule has 0 radical (unpaired) electrons. The SMILES string of the molecule is O=C(CCCCCNC(=O)c1ccccc1)Nc1nnc(CCN2C(=O)c3ccccc3C2=O)s1. The van der Waals surface area contributed by atoms with Crippen LogP contribution < -0.4 is 10.6 Å². The highest BCUT2D eigenvalue weighted by Gasteiger charge is 2.34. The Morgan fingerprint density at radius 3 is 2.26 bits per heavy atom. The molecular formula is C25H25N5O4S.